The summed E-state index contributed by atoms with van der Waals surface area (Å²) in [5, 5.41) is 3.58. The second kappa shape index (κ2) is 8.64. The predicted molar refractivity (Wildman–Crippen MR) is 128 cm³/mol. The molecule has 0 unspecified atom stereocenters. The molecule has 0 spiro atoms. The van der Waals surface area contributed by atoms with Gasteiger partial charge in [0.1, 0.15) is 0 Å². The van der Waals surface area contributed by atoms with Crippen LogP contribution in [0.2, 0.25) is 0 Å². The van der Waals surface area contributed by atoms with Gasteiger partial charge in [0.05, 0.1) is 11.4 Å². The minimum atomic E-state index is 0.950. The van der Waals surface area contributed by atoms with E-state index in [1.54, 1.807) is 0 Å². The SMILES string of the molecule is c1ccc(-c2cc(Nc3cccc(-c4ccccn4)c3)cc(-c3ccccn3)c2)cc1. The van der Waals surface area contributed by atoms with Crippen molar-refractivity contribution in [1.82, 2.24) is 9.97 Å². The first kappa shape index (κ1) is 18.8. The zero-order valence-electron chi connectivity index (χ0n) is 16.9. The van der Waals surface area contributed by atoms with Crippen LogP contribution < -0.4 is 5.32 Å². The van der Waals surface area contributed by atoms with E-state index in [0.29, 0.717) is 0 Å². The molecule has 0 fully saturated rings. The quantitative estimate of drug-likeness (QED) is 0.339. The molecule has 3 heteroatoms. The second-order valence-corrected chi connectivity index (χ2v) is 7.30. The molecule has 31 heavy (non-hydrogen) atoms. The van der Waals surface area contributed by atoms with Crippen LogP contribution in [0.1, 0.15) is 0 Å². The van der Waals surface area contributed by atoms with Crippen LogP contribution in [0.15, 0.2) is 122 Å². The zero-order valence-corrected chi connectivity index (χ0v) is 16.9. The number of rotatable bonds is 5. The molecule has 2 heterocycles. The highest BCUT2D eigenvalue weighted by Crippen LogP contribution is 2.31. The Hall–Kier alpha value is -4.24. The first-order valence-corrected chi connectivity index (χ1v) is 10.3. The molecule has 1 N–H and O–H groups in total. The minimum absolute atomic E-state index is 0.950. The molecular formula is C28H21N3. The second-order valence-electron chi connectivity index (χ2n) is 7.30. The molecule has 0 atom stereocenters. The van der Waals surface area contributed by atoms with E-state index < -0.39 is 0 Å². The number of benzene rings is 3. The van der Waals surface area contributed by atoms with Crippen LogP contribution in [-0.2, 0) is 0 Å². The third-order valence-corrected chi connectivity index (χ3v) is 5.11. The Labute approximate surface area is 182 Å². The summed E-state index contributed by atoms with van der Waals surface area (Å²) in [6, 6.07) is 37.2. The van der Waals surface area contributed by atoms with Gasteiger partial charge in [0, 0.05) is 34.9 Å². The molecule has 0 amide bonds. The molecule has 3 aromatic carbocycles. The van der Waals surface area contributed by atoms with Gasteiger partial charge in [0.15, 0.2) is 0 Å². The van der Waals surface area contributed by atoms with Crippen molar-refractivity contribution in [2.75, 3.05) is 5.32 Å². The third-order valence-electron chi connectivity index (χ3n) is 5.11. The van der Waals surface area contributed by atoms with E-state index in [4.69, 9.17) is 0 Å². The Morgan fingerprint density at radius 1 is 0.419 bits per heavy atom. The minimum Gasteiger partial charge on any atom is -0.355 e. The highest BCUT2D eigenvalue weighted by molar-refractivity contribution is 5.79. The number of hydrogen-bond acceptors (Lipinski definition) is 3. The van der Waals surface area contributed by atoms with E-state index in [1.165, 1.54) is 5.56 Å². The maximum atomic E-state index is 4.55. The van der Waals surface area contributed by atoms with Gasteiger partial charge in [-0.3, -0.25) is 9.97 Å². The topological polar surface area (TPSA) is 37.8 Å². The summed E-state index contributed by atoms with van der Waals surface area (Å²) in [6.45, 7) is 0. The van der Waals surface area contributed by atoms with Crippen molar-refractivity contribution >= 4 is 11.4 Å². The number of nitrogens with zero attached hydrogens (tertiary/aromatic N) is 2. The Balaban J connectivity index is 1.55. The molecule has 0 saturated carbocycles. The molecule has 148 valence electrons. The molecule has 2 aromatic heterocycles. The highest BCUT2D eigenvalue weighted by atomic mass is 14.9. The van der Waals surface area contributed by atoms with Crippen molar-refractivity contribution in [3.63, 3.8) is 0 Å². The molecule has 5 aromatic rings. The lowest BCUT2D eigenvalue weighted by molar-refractivity contribution is 1.32. The van der Waals surface area contributed by atoms with Gasteiger partial charge in [-0.25, -0.2) is 0 Å². The number of pyridine rings is 2. The van der Waals surface area contributed by atoms with E-state index >= 15 is 0 Å². The van der Waals surface area contributed by atoms with E-state index in [2.05, 4.69) is 75.9 Å². The summed E-state index contributed by atoms with van der Waals surface area (Å²) in [4.78, 5) is 9.02. The summed E-state index contributed by atoms with van der Waals surface area (Å²) >= 11 is 0. The Morgan fingerprint density at radius 3 is 1.74 bits per heavy atom. The van der Waals surface area contributed by atoms with Crippen LogP contribution in [0.3, 0.4) is 0 Å². The van der Waals surface area contributed by atoms with E-state index in [-0.39, 0.29) is 0 Å². The van der Waals surface area contributed by atoms with Crippen LogP contribution in [0.4, 0.5) is 11.4 Å². The van der Waals surface area contributed by atoms with Gasteiger partial charge in [-0.1, -0.05) is 54.6 Å². The lowest BCUT2D eigenvalue weighted by Crippen LogP contribution is -1.94. The number of nitrogens with one attached hydrogen (secondary N) is 1. The Kier molecular flexibility index (Phi) is 5.23. The normalized spacial score (nSPS) is 10.6. The number of hydrogen-bond donors (Lipinski definition) is 1. The van der Waals surface area contributed by atoms with Crippen molar-refractivity contribution in [2.45, 2.75) is 0 Å². The van der Waals surface area contributed by atoms with Crippen molar-refractivity contribution in [3.8, 4) is 33.6 Å². The Morgan fingerprint density at radius 2 is 1.03 bits per heavy atom. The van der Waals surface area contributed by atoms with Crippen molar-refractivity contribution in [2.24, 2.45) is 0 Å². The standard InChI is InChI=1S/C28H21N3/c1-2-9-21(10-3-1)23-17-24(28-14-5-7-16-30-28)20-26(19-23)31-25-12-8-11-22(18-25)27-13-4-6-15-29-27/h1-20,31H. The average molecular weight is 399 g/mol. The van der Waals surface area contributed by atoms with Gasteiger partial charge in [-0.05, 0) is 65.7 Å². The fraction of sp³-hybridized carbons (Fsp3) is 0. The lowest BCUT2D eigenvalue weighted by atomic mass is 10.00. The lowest BCUT2D eigenvalue weighted by Gasteiger charge is -2.13. The maximum Gasteiger partial charge on any atom is 0.0702 e. The fourth-order valence-corrected chi connectivity index (χ4v) is 3.63. The third kappa shape index (κ3) is 4.36. The van der Waals surface area contributed by atoms with Crippen molar-refractivity contribution < 1.29 is 0 Å². The van der Waals surface area contributed by atoms with E-state index in [1.807, 2.05) is 60.9 Å². The smallest absolute Gasteiger partial charge is 0.0702 e. The van der Waals surface area contributed by atoms with Gasteiger partial charge in [0.2, 0.25) is 0 Å². The molecule has 0 saturated heterocycles. The van der Waals surface area contributed by atoms with Crippen molar-refractivity contribution in [1.29, 1.82) is 0 Å². The number of anilines is 2. The molecule has 0 radical (unpaired) electrons. The largest absolute Gasteiger partial charge is 0.355 e. The summed E-state index contributed by atoms with van der Waals surface area (Å²) in [7, 11) is 0. The van der Waals surface area contributed by atoms with Crippen LogP contribution in [0, 0.1) is 0 Å². The summed E-state index contributed by atoms with van der Waals surface area (Å²) < 4.78 is 0. The van der Waals surface area contributed by atoms with Gasteiger partial charge < -0.3 is 5.32 Å². The highest BCUT2D eigenvalue weighted by Gasteiger charge is 2.07. The molecule has 0 bridgehead atoms. The maximum absolute atomic E-state index is 4.55. The summed E-state index contributed by atoms with van der Waals surface area (Å²) in [5.41, 5.74) is 8.40. The van der Waals surface area contributed by atoms with Gasteiger partial charge >= 0.3 is 0 Å². The summed E-state index contributed by atoms with van der Waals surface area (Å²) in [5.74, 6) is 0. The molecule has 0 aliphatic heterocycles. The van der Waals surface area contributed by atoms with Crippen molar-refractivity contribution in [3.05, 3.63) is 122 Å². The first-order chi connectivity index (χ1) is 15.3. The zero-order chi connectivity index (χ0) is 20.9. The predicted octanol–water partition coefficient (Wildman–Crippen LogP) is 7.22. The summed E-state index contributed by atoms with van der Waals surface area (Å²) in [6.07, 6.45) is 3.64. The van der Waals surface area contributed by atoms with Crippen LogP contribution in [0.25, 0.3) is 33.6 Å². The van der Waals surface area contributed by atoms with Crippen LogP contribution in [-0.4, -0.2) is 9.97 Å². The average Bonchev–Trinajstić information content (AvgIpc) is 2.86. The van der Waals surface area contributed by atoms with Gasteiger partial charge in [-0.15, -0.1) is 0 Å². The Bertz CT molecular complexity index is 1230. The van der Waals surface area contributed by atoms with Gasteiger partial charge in [-0.2, -0.15) is 0 Å². The van der Waals surface area contributed by atoms with E-state index in [9.17, 15) is 0 Å². The molecular weight excluding hydrogens is 378 g/mol. The number of aromatic nitrogens is 2. The van der Waals surface area contributed by atoms with Gasteiger partial charge in [0.25, 0.3) is 0 Å². The molecule has 5 rings (SSSR count). The monoisotopic (exact) mass is 399 g/mol. The molecule has 0 aliphatic carbocycles. The van der Waals surface area contributed by atoms with Crippen LogP contribution >= 0.6 is 0 Å². The molecule has 3 nitrogen and oxygen atoms in total. The molecule has 0 aliphatic rings. The van der Waals surface area contributed by atoms with E-state index in [0.717, 1.165) is 39.5 Å². The fourth-order valence-electron chi connectivity index (χ4n) is 3.63. The van der Waals surface area contributed by atoms with Crippen LogP contribution in [0.5, 0.6) is 0 Å². The first-order valence-electron chi connectivity index (χ1n) is 10.3.